The van der Waals surface area contributed by atoms with Crippen LogP contribution < -0.4 is 0 Å². The molecule has 0 amide bonds. The van der Waals surface area contributed by atoms with E-state index in [9.17, 15) is 0 Å². The van der Waals surface area contributed by atoms with Gasteiger partial charge in [0.25, 0.3) is 0 Å². The Bertz CT molecular complexity index is 612. The Morgan fingerprint density at radius 3 is 2.44 bits per heavy atom. The van der Waals surface area contributed by atoms with E-state index in [2.05, 4.69) is 34.2 Å². The molecule has 0 radical (unpaired) electrons. The largest absolute Gasteiger partial charge is 0.265 e. The number of hydrogen-bond acceptors (Lipinski definition) is 2. The van der Waals surface area contributed by atoms with Crippen molar-refractivity contribution < 1.29 is 0 Å². The zero-order chi connectivity index (χ0) is 10.8. The molecule has 2 aromatic heterocycles. The summed E-state index contributed by atoms with van der Waals surface area (Å²) in [6.07, 6.45) is 5.43. The van der Waals surface area contributed by atoms with Gasteiger partial charge in [-0.1, -0.05) is 24.3 Å². The quantitative estimate of drug-likeness (QED) is 0.610. The van der Waals surface area contributed by atoms with Crippen LogP contribution in [0.3, 0.4) is 0 Å². The molecule has 1 aromatic carbocycles. The molecule has 0 spiro atoms. The third-order valence-corrected chi connectivity index (χ3v) is 2.62. The third kappa shape index (κ3) is 1.44. The van der Waals surface area contributed by atoms with E-state index >= 15 is 0 Å². The second kappa shape index (κ2) is 3.74. The van der Waals surface area contributed by atoms with Gasteiger partial charge in [0.2, 0.25) is 0 Å². The SMILES string of the molecule is c1cnc2c(-c3ccncc3)cccc2c1. The summed E-state index contributed by atoms with van der Waals surface area (Å²) < 4.78 is 0. The molecule has 0 atom stereocenters. The van der Waals surface area contributed by atoms with Crippen LogP contribution in [-0.4, -0.2) is 9.97 Å². The predicted molar refractivity (Wildman–Crippen MR) is 65.0 cm³/mol. The molecular formula is C14H10N2. The molecule has 2 nitrogen and oxygen atoms in total. The van der Waals surface area contributed by atoms with Gasteiger partial charge in [0.1, 0.15) is 0 Å². The van der Waals surface area contributed by atoms with Crippen LogP contribution in [0.25, 0.3) is 22.0 Å². The second-order valence-electron chi connectivity index (χ2n) is 3.62. The van der Waals surface area contributed by atoms with E-state index in [0.29, 0.717) is 0 Å². The fourth-order valence-corrected chi connectivity index (χ4v) is 1.87. The Labute approximate surface area is 93.6 Å². The molecule has 3 aromatic rings. The van der Waals surface area contributed by atoms with E-state index in [0.717, 1.165) is 22.0 Å². The van der Waals surface area contributed by atoms with E-state index in [1.807, 2.05) is 24.4 Å². The Hall–Kier alpha value is -2.22. The molecule has 0 saturated heterocycles. The zero-order valence-electron chi connectivity index (χ0n) is 8.67. The van der Waals surface area contributed by atoms with Crippen LogP contribution >= 0.6 is 0 Å². The van der Waals surface area contributed by atoms with Crippen molar-refractivity contribution in [1.82, 2.24) is 9.97 Å². The minimum absolute atomic E-state index is 1.04. The summed E-state index contributed by atoms with van der Waals surface area (Å²) in [7, 11) is 0. The molecule has 16 heavy (non-hydrogen) atoms. The number of para-hydroxylation sites is 1. The fourth-order valence-electron chi connectivity index (χ4n) is 1.87. The maximum absolute atomic E-state index is 4.44. The van der Waals surface area contributed by atoms with Gasteiger partial charge in [-0.3, -0.25) is 9.97 Å². The van der Waals surface area contributed by atoms with Crippen molar-refractivity contribution >= 4 is 10.9 Å². The van der Waals surface area contributed by atoms with Crippen molar-refractivity contribution in [2.24, 2.45) is 0 Å². The maximum atomic E-state index is 4.44. The highest BCUT2D eigenvalue weighted by Gasteiger charge is 2.03. The molecule has 0 aliphatic carbocycles. The lowest BCUT2D eigenvalue weighted by atomic mass is 10.0. The molecule has 76 valence electrons. The number of benzene rings is 1. The Balaban J connectivity index is 2.32. The molecular weight excluding hydrogens is 196 g/mol. The van der Waals surface area contributed by atoms with Crippen molar-refractivity contribution in [1.29, 1.82) is 0 Å². The molecule has 0 bridgehead atoms. The molecule has 0 aliphatic heterocycles. The molecule has 2 heterocycles. The van der Waals surface area contributed by atoms with Gasteiger partial charge < -0.3 is 0 Å². The summed E-state index contributed by atoms with van der Waals surface area (Å²) in [6, 6.07) is 14.3. The molecule has 0 unspecified atom stereocenters. The van der Waals surface area contributed by atoms with Crippen molar-refractivity contribution in [2.45, 2.75) is 0 Å². The smallest absolute Gasteiger partial charge is 0.0780 e. The number of rotatable bonds is 1. The van der Waals surface area contributed by atoms with Gasteiger partial charge in [-0.2, -0.15) is 0 Å². The van der Waals surface area contributed by atoms with Crippen LogP contribution in [0, 0.1) is 0 Å². The van der Waals surface area contributed by atoms with Gasteiger partial charge in [-0.15, -0.1) is 0 Å². The Kier molecular flexibility index (Phi) is 2.11. The first-order valence-corrected chi connectivity index (χ1v) is 5.19. The molecule has 0 aliphatic rings. The van der Waals surface area contributed by atoms with Crippen molar-refractivity contribution in [3.63, 3.8) is 0 Å². The van der Waals surface area contributed by atoms with E-state index in [4.69, 9.17) is 0 Å². The van der Waals surface area contributed by atoms with Gasteiger partial charge in [-0.05, 0) is 23.8 Å². The molecule has 0 saturated carbocycles. The average molecular weight is 206 g/mol. The monoisotopic (exact) mass is 206 g/mol. The summed E-state index contributed by atoms with van der Waals surface area (Å²) in [4.78, 5) is 8.47. The van der Waals surface area contributed by atoms with Crippen LogP contribution in [0.4, 0.5) is 0 Å². The van der Waals surface area contributed by atoms with Gasteiger partial charge >= 0.3 is 0 Å². The van der Waals surface area contributed by atoms with E-state index < -0.39 is 0 Å². The lowest BCUT2D eigenvalue weighted by molar-refractivity contribution is 1.33. The highest BCUT2D eigenvalue weighted by molar-refractivity contribution is 5.93. The predicted octanol–water partition coefficient (Wildman–Crippen LogP) is 3.30. The Morgan fingerprint density at radius 2 is 1.56 bits per heavy atom. The van der Waals surface area contributed by atoms with Gasteiger partial charge in [-0.25, -0.2) is 0 Å². The van der Waals surface area contributed by atoms with Crippen LogP contribution in [0.1, 0.15) is 0 Å². The van der Waals surface area contributed by atoms with E-state index in [1.54, 1.807) is 12.4 Å². The average Bonchev–Trinajstić information content (AvgIpc) is 2.39. The van der Waals surface area contributed by atoms with Crippen LogP contribution in [-0.2, 0) is 0 Å². The lowest BCUT2D eigenvalue weighted by Gasteiger charge is -2.04. The summed E-state index contributed by atoms with van der Waals surface area (Å²) in [5.74, 6) is 0. The van der Waals surface area contributed by atoms with Gasteiger partial charge in [0, 0.05) is 29.5 Å². The highest BCUT2D eigenvalue weighted by atomic mass is 14.7. The summed E-state index contributed by atoms with van der Waals surface area (Å²) in [6.45, 7) is 0. The number of nitrogens with zero attached hydrogens (tertiary/aromatic N) is 2. The minimum atomic E-state index is 1.04. The lowest BCUT2D eigenvalue weighted by Crippen LogP contribution is -1.84. The highest BCUT2D eigenvalue weighted by Crippen LogP contribution is 2.25. The van der Waals surface area contributed by atoms with Crippen molar-refractivity contribution in [3.8, 4) is 11.1 Å². The van der Waals surface area contributed by atoms with Crippen LogP contribution in [0.15, 0.2) is 61.1 Å². The van der Waals surface area contributed by atoms with Crippen LogP contribution in [0.5, 0.6) is 0 Å². The first-order chi connectivity index (χ1) is 7.95. The number of fused-ring (bicyclic) bond motifs is 1. The first kappa shape index (κ1) is 9.04. The zero-order valence-corrected chi connectivity index (χ0v) is 8.67. The Morgan fingerprint density at radius 1 is 0.750 bits per heavy atom. The van der Waals surface area contributed by atoms with Crippen molar-refractivity contribution in [2.75, 3.05) is 0 Å². The number of hydrogen-bond donors (Lipinski definition) is 0. The van der Waals surface area contributed by atoms with Crippen LogP contribution in [0.2, 0.25) is 0 Å². The second-order valence-corrected chi connectivity index (χ2v) is 3.62. The summed E-state index contributed by atoms with van der Waals surface area (Å²) in [5, 5.41) is 1.16. The van der Waals surface area contributed by atoms with Gasteiger partial charge in [0.05, 0.1) is 5.52 Å². The number of pyridine rings is 2. The summed E-state index contributed by atoms with van der Waals surface area (Å²) >= 11 is 0. The normalized spacial score (nSPS) is 10.5. The topological polar surface area (TPSA) is 25.8 Å². The molecule has 0 fully saturated rings. The first-order valence-electron chi connectivity index (χ1n) is 5.19. The molecule has 2 heteroatoms. The maximum Gasteiger partial charge on any atom is 0.0780 e. The fraction of sp³-hybridized carbons (Fsp3) is 0. The van der Waals surface area contributed by atoms with Gasteiger partial charge in [0.15, 0.2) is 0 Å². The summed E-state index contributed by atoms with van der Waals surface area (Å²) in [5.41, 5.74) is 3.34. The number of aromatic nitrogens is 2. The van der Waals surface area contributed by atoms with E-state index in [1.165, 1.54) is 0 Å². The van der Waals surface area contributed by atoms with E-state index in [-0.39, 0.29) is 0 Å². The standard InChI is InChI=1S/C14H10N2/c1-3-12-4-2-8-16-14(12)13(5-1)11-6-9-15-10-7-11/h1-10H. The molecule has 3 rings (SSSR count). The molecule has 0 N–H and O–H groups in total. The minimum Gasteiger partial charge on any atom is -0.265 e. The van der Waals surface area contributed by atoms with Crippen molar-refractivity contribution in [3.05, 3.63) is 61.1 Å². The third-order valence-electron chi connectivity index (χ3n) is 2.62.